The second kappa shape index (κ2) is 2.62. The maximum atomic E-state index is 11.1. The molecule has 3 rings (SSSR count). The molecule has 0 fully saturated rings. The van der Waals surface area contributed by atoms with Gasteiger partial charge in [-0.1, -0.05) is 11.3 Å². The van der Waals surface area contributed by atoms with E-state index in [0.29, 0.717) is 0 Å². The number of nitrogens with one attached hydrogen (secondary N) is 1. The van der Waals surface area contributed by atoms with E-state index >= 15 is 0 Å². The Bertz CT molecular complexity index is 670. The molecule has 0 aliphatic carbocycles. The van der Waals surface area contributed by atoms with Gasteiger partial charge in [0.1, 0.15) is 5.52 Å². The van der Waals surface area contributed by atoms with Gasteiger partial charge in [-0.3, -0.25) is 14.8 Å². The Labute approximate surface area is 82.3 Å². The van der Waals surface area contributed by atoms with Gasteiger partial charge in [-0.2, -0.15) is 0 Å². The van der Waals surface area contributed by atoms with Crippen molar-refractivity contribution in [2.24, 2.45) is 0 Å². The molecule has 5 heteroatoms. The lowest BCUT2D eigenvalue weighted by Crippen LogP contribution is -1.89. The van der Waals surface area contributed by atoms with Crippen LogP contribution in [-0.2, 0) is 0 Å². The molecule has 4 nitrogen and oxygen atoms in total. The molecule has 0 atom stereocenters. The van der Waals surface area contributed by atoms with Crippen molar-refractivity contribution in [1.29, 1.82) is 0 Å². The third kappa shape index (κ3) is 0.958. The van der Waals surface area contributed by atoms with Crippen LogP contribution in [0.15, 0.2) is 29.3 Å². The highest BCUT2D eigenvalue weighted by atomic mass is 32.1. The molecule has 0 amide bonds. The molecule has 0 radical (unpaired) electrons. The topological polar surface area (TPSA) is 58.6 Å². The molecule has 2 heterocycles. The Hall–Kier alpha value is -1.75. The largest absolute Gasteiger partial charge is 0.312 e. The Balaban J connectivity index is 2.66. The zero-order valence-corrected chi connectivity index (χ0v) is 7.84. The average molecular weight is 203 g/mol. The summed E-state index contributed by atoms with van der Waals surface area (Å²) in [5.74, 6) is 0. The van der Waals surface area contributed by atoms with Crippen LogP contribution in [0, 0.1) is 0 Å². The normalized spacial score (nSPS) is 11.1. The lowest BCUT2D eigenvalue weighted by molar-refractivity contribution is 1.30. The first kappa shape index (κ1) is 7.64. The second-order valence-electron chi connectivity index (χ2n) is 2.88. The molecular formula is C9H5N3OS. The number of rotatable bonds is 0. The number of hydrogen-bond acceptors (Lipinski definition) is 4. The fourth-order valence-electron chi connectivity index (χ4n) is 1.44. The van der Waals surface area contributed by atoms with E-state index < -0.39 is 0 Å². The smallest absolute Gasteiger partial charge is 0.305 e. The third-order valence-corrected chi connectivity index (χ3v) is 2.93. The van der Waals surface area contributed by atoms with Gasteiger partial charge < -0.3 is 4.98 Å². The van der Waals surface area contributed by atoms with E-state index in [1.165, 1.54) is 11.3 Å². The van der Waals surface area contributed by atoms with E-state index in [-0.39, 0.29) is 4.87 Å². The van der Waals surface area contributed by atoms with E-state index in [0.717, 1.165) is 21.3 Å². The highest BCUT2D eigenvalue weighted by Crippen LogP contribution is 2.22. The molecular weight excluding hydrogens is 198 g/mol. The summed E-state index contributed by atoms with van der Waals surface area (Å²) in [5, 5.41) is 0. The quantitative estimate of drug-likeness (QED) is 0.602. The van der Waals surface area contributed by atoms with Gasteiger partial charge in [0.2, 0.25) is 0 Å². The van der Waals surface area contributed by atoms with E-state index in [1.54, 1.807) is 12.4 Å². The van der Waals surface area contributed by atoms with Gasteiger partial charge in [-0.05, 0) is 12.1 Å². The van der Waals surface area contributed by atoms with Crippen molar-refractivity contribution in [3.05, 3.63) is 34.2 Å². The van der Waals surface area contributed by atoms with Gasteiger partial charge in [0.15, 0.2) is 0 Å². The zero-order valence-electron chi connectivity index (χ0n) is 7.02. The molecule has 3 aromatic rings. The molecule has 68 valence electrons. The van der Waals surface area contributed by atoms with Gasteiger partial charge in [0.05, 0.1) is 15.7 Å². The fourth-order valence-corrected chi connectivity index (χ4v) is 2.27. The summed E-state index contributed by atoms with van der Waals surface area (Å²) in [5.41, 5.74) is 2.43. The summed E-state index contributed by atoms with van der Waals surface area (Å²) in [6.45, 7) is 0. The highest BCUT2D eigenvalue weighted by molar-refractivity contribution is 7.17. The maximum absolute atomic E-state index is 11.1. The van der Waals surface area contributed by atoms with Crippen molar-refractivity contribution in [2.45, 2.75) is 0 Å². The molecule has 1 N–H and O–H groups in total. The van der Waals surface area contributed by atoms with Crippen molar-refractivity contribution in [3.8, 4) is 0 Å². The molecule has 0 aliphatic heterocycles. The first-order chi connectivity index (χ1) is 6.84. The summed E-state index contributed by atoms with van der Waals surface area (Å²) in [4.78, 5) is 22.2. The number of H-pyrrole nitrogens is 1. The molecule has 14 heavy (non-hydrogen) atoms. The number of thiazole rings is 1. The summed E-state index contributed by atoms with van der Waals surface area (Å²) >= 11 is 1.17. The van der Waals surface area contributed by atoms with Crippen molar-refractivity contribution in [2.75, 3.05) is 0 Å². The summed E-state index contributed by atoms with van der Waals surface area (Å²) in [7, 11) is 0. The maximum Gasteiger partial charge on any atom is 0.305 e. The van der Waals surface area contributed by atoms with Crippen molar-refractivity contribution < 1.29 is 0 Å². The van der Waals surface area contributed by atoms with Crippen LogP contribution in [0.2, 0.25) is 0 Å². The number of nitrogens with zero attached hydrogens (tertiary/aromatic N) is 2. The molecule has 1 aromatic carbocycles. The van der Waals surface area contributed by atoms with Gasteiger partial charge in [0.25, 0.3) is 0 Å². The average Bonchev–Trinajstić information content (AvgIpc) is 2.59. The van der Waals surface area contributed by atoms with Crippen LogP contribution in [0.25, 0.3) is 21.3 Å². The SMILES string of the molecule is O=c1[nH]c2ccc3nccnc3c2s1. The van der Waals surface area contributed by atoms with Crippen molar-refractivity contribution in [3.63, 3.8) is 0 Å². The van der Waals surface area contributed by atoms with Gasteiger partial charge >= 0.3 is 4.87 Å². The molecule has 0 saturated heterocycles. The minimum absolute atomic E-state index is 0.0573. The van der Waals surface area contributed by atoms with E-state index in [9.17, 15) is 4.79 Å². The lowest BCUT2D eigenvalue weighted by Gasteiger charge is -1.94. The van der Waals surface area contributed by atoms with Gasteiger partial charge in [-0.15, -0.1) is 0 Å². The van der Waals surface area contributed by atoms with Crippen LogP contribution in [0.5, 0.6) is 0 Å². The Morgan fingerprint density at radius 1 is 1.21 bits per heavy atom. The van der Waals surface area contributed by atoms with E-state index in [2.05, 4.69) is 15.0 Å². The molecule has 0 unspecified atom stereocenters. The van der Waals surface area contributed by atoms with E-state index in [4.69, 9.17) is 0 Å². The number of aromatic amines is 1. The fraction of sp³-hybridized carbons (Fsp3) is 0. The minimum Gasteiger partial charge on any atom is -0.312 e. The zero-order chi connectivity index (χ0) is 9.54. The van der Waals surface area contributed by atoms with Crippen LogP contribution in [0.4, 0.5) is 0 Å². The van der Waals surface area contributed by atoms with Gasteiger partial charge in [0, 0.05) is 12.4 Å². The highest BCUT2D eigenvalue weighted by Gasteiger charge is 2.04. The van der Waals surface area contributed by atoms with E-state index in [1.807, 2.05) is 12.1 Å². The number of fused-ring (bicyclic) bond motifs is 3. The number of hydrogen-bond donors (Lipinski definition) is 1. The second-order valence-corrected chi connectivity index (χ2v) is 3.86. The molecule has 0 saturated carbocycles. The third-order valence-electron chi connectivity index (χ3n) is 2.03. The summed E-state index contributed by atoms with van der Waals surface area (Å²) < 4.78 is 0.876. The number of benzene rings is 1. The monoisotopic (exact) mass is 203 g/mol. The first-order valence-electron chi connectivity index (χ1n) is 4.07. The Morgan fingerprint density at radius 2 is 2.07 bits per heavy atom. The van der Waals surface area contributed by atoms with Crippen LogP contribution in [0.1, 0.15) is 0 Å². The van der Waals surface area contributed by atoms with Crippen LogP contribution < -0.4 is 4.87 Å². The Morgan fingerprint density at radius 3 is 3.00 bits per heavy atom. The summed E-state index contributed by atoms with van der Waals surface area (Å²) in [6.07, 6.45) is 3.27. The van der Waals surface area contributed by atoms with Crippen molar-refractivity contribution in [1.82, 2.24) is 15.0 Å². The minimum atomic E-state index is -0.0573. The molecule has 0 bridgehead atoms. The Kier molecular flexibility index (Phi) is 1.43. The summed E-state index contributed by atoms with van der Waals surface area (Å²) in [6, 6.07) is 3.71. The van der Waals surface area contributed by atoms with Crippen LogP contribution in [0.3, 0.4) is 0 Å². The van der Waals surface area contributed by atoms with Crippen LogP contribution >= 0.6 is 11.3 Å². The van der Waals surface area contributed by atoms with Crippen LogP contribution in [-0.4, -0.2) is 15.0 Å². The molecule has 0 aliphatic rings. The first-order valence-corrected chi connectivity index (χ1v) is 4.89. The van der Waals surface area contributed by atoms with Crippen molar-refractivity contribution >= 4 is 32.6 Å². The number of aromatic nitrogens is 3. The van der Waals surface area contributed by atoms with Gasteiger partial charge in [-0.25, -0.2) is 0 Å². The molecule has 0 spiro atoms. The molecule has 2 aromatic heterocycles. The lowest BCUT2D eigenvalue weighted by atomic mass is 10.3. The predicted molar refractivity (Wildman–Crippen MR) is 55.5 cm³/mol. The standard InChI is InChI=1S/C9H5N3OS/c13-9-12-6-2-1-5-7(8(6)14-9)11-4-3-10-5/h1-4H,(H,12,13). The predicted octanol–water partition coefficient (Wildman–Crippen LogP) is 1.53.